The van der Waals surface area contributed by atoms with Gasteiger partial charge in [-0.15, -0.1) is 0 Å². The lowest BCUT2D eigenvalue weighted by Gasteiger charge is -2.24. The quantitative estimate of drug-likeness (QED) is 0.900. The molecule has 0 amide bonds. The molecule has 1 fully saturated rings. The summed E-state index contributed by atoms with van der Waals surface area (Å²) in [5.74, 6) is -0.740. The Balaban J connectivity index is 2.24. The molecular weight excluding hydrogens is 301 g/mol. The standard InChI is InChI=1S/C13H17BrFNO2/c1-18-13-11(15)10(14)7-8(12(13)17)6-9-4-2-3-5-16-9/h7,9,16-17H,2-6H2,1H3. The minimum Gasteiger partial charge on any atom is -0.504 e. The van der Waals surface area contributed by atoms with Crippen molar-refractivity contribution in [3.63, 3.8) is 0 Å². The molecule has 1 aromatic rings. The van der Waals surface area contributed by atoms with Crippen LogP contribution in [-0.4, -0.2) is 24.8 Å². The highest BCUT2D eigenvalue weighted by atomic mass is 79.9. The van der Waals surface area contributed by atoms with Crippen LogP contribution in [0, 0.1) is 5.82 Å². The molecule has 0 radical (unpaired) electrons. The van der Waals surface area contributed by atoms with Crippen molar-refractivity contribution in [3.05, 3.63) is 21.9 Å². The van der Waals surface area contributed by atoms with Crippen molar-refractivity contribution in [1.29, 1.82) is 0 Å². The van der Waals surface area contributed by atoms with E-state index >= 15 is 0 Å². The maximum atomic E-state index is 13.7. The second kappa shape index (κ2) is 5.89. The Bertz CT molecular complexity index is 433. The van der Waals surface area contributed by atoms with Gasteiger partial charge < -0.3 is 15.2 Å². The van der Waals surface area contributed by atoms with Gasteiger partial charge in [0.15, 0.2) is 17.3 Å². The first-order chi connectivity index (χ1) is 8.63. The van der Waals surface area contributed by atoms with Gasteiger partial charge in [0.25, 0.3) is 0 Å². The van der Waals surface area contributed by atoms with Crippen LogP contribution in [-0.2, 0) is 6.42 Å². The van der Waals surface area contributed by atoms with E-state index in [0.717, 1.165) is 13.0 Å². The monoisotopic (exact) mass is 317 g/mol. The van der Waals surface area contributed by atoms with E-state index in [0.29, 0.717) is 22.5 Å². The number of piperidine rings is 1. The molecule has 0 spiro atoms. The van der Waals surface area contributed by atoms with E-state index in [2.05, 4.69) is 21.2 Å². The van der Waals surface area contributed by atoms with Gasteiger partial charge in [0.1, 0.15) is 0 Å². The molecule has 1 unspecified atom stereocenters. The van der Waals surface area contributed by atoms with Crippen LogP contribution in [0.25, 0.3) is 0 Å². The number of nitrogens with one attached hydrogen (secondary N) is 1. The van der Waals surface area contributed by atoms with Crippen LogP contribution >= 0.6 is 15.9 Å². The van der Waals surface area contributed by atoms with Crippen LogP contribution in [0.1, 0.15) is 24.8 Å². The van der Waals surface area contributed by atoms with E-state index in [-0.39, 0.29) is 11.5 Å². The minimum absolute atomic E-state index is 0.0878. The first-order valence-corrected chi connectivity index (χ1v) is 6.90. The summed E-state index contributed by atoms with van der Waals surface area (Å²) in [5.41, 5.74) is 0.708. The predicted octanol–water partition coefficient (Wildman–Crippen LogP) is 2.99. The Hall–Kier alpha value is -0.810. The molecule has 1 atom stereocenters. The van der Waals surface area contributed by atoms with Crippen molar-refractivity contribution < 1.29 is 14.2 Å². The molecule has 2 rings (SSSR count). The Morgan fingerprint density at radius 1 is 1.56 bits per heavy atom. The molecule has 1 saturated heterocycles. The number of phenols is 1. The SMILES string of the molecule is COc1c(O)c(CC2CCCCN2)cc(Br)c1F. The number of hydrogen-bond acceptors (Lipinski definition) is 3. The number of benzene rings is 1. The Morgan fingerprint density at radius 2 is 2.33 bits per heavy atom. The summed E-state index contributed by atoms with van der Waals surface area (Å²) in [6, 6.07) is 1.97. The average Bonchev–Trinajstić information content (AvgIpc) is 2.38. The molecule has 5 heteroatoms. The number of methoxy groups -OCH3 is 1. The van der Waals surface area contributed by atoms with Gasteiger partial charge in [-0.3, -0.25) is 0 Å². The molecule has 0 aliphatic carbocycles. The van der Waals surface area contributed by atoms with E-state index in [1.807, 2.05) is 0 Å². The summed E-state index contributed by atoms with van der Waals surface area (Å²) < 4.78 is 18.9. The van der Waals surface area contributed by atoms with Crippen molar-refractivity contribution in [2.75, 3.05) is 13.7 Å². The average molecular weight is 318 g/mol. The van der Waals surface area contributed by atoms with Crippen molar-refractivity contribution in [3.8, 4) is 11.5 Å². The van der Waals surface area contributed by atoms with Crippen LogP contribution in [0.15, 0.2) is 10.5 Å². The second-order valence-electron chi connectivity index (χ2n) is 4.56. The Morgan fingerprint density at radius 3 is 2.94 bits per heavy atom. The van der Waals surface area contributed by atoms with Crippen molar-refractivity contribution in [2.24, 2.45) is 0 Å². The molecule has 1 aromatic carbocycles. The molecular formula is C13H17BrFNO2. The van der Waals surface area contributed by atoms with E-state index in [4.69, 9.17) is 4.74 Å². The highest BCUT2D eigenvalue weighted by Crippen LogP contribution is 2.38. The molecule has 1 heterocycles. The molecule has 3 nitrogen and oxygen atoms in total. The van der Waals surface area contributed by atoms with Gasteiger partial charge in [-0.05, 0) is 47.8 Å². The summed E-state index contributed by atoms with van der Waals surface area (Å²) in [6.45, 7) is 1.00. The first kappa shape index (κ1) is 13.6. The molecule has 0 bridgehead atoms. The number of halogens is 2. The molecule has 100 valence electrons. The number of phenolic OH excluding ortho intramolecular Hbond substituents is 1. The number of aromatic hydroxyl groups is 1. The van der Waals surface area contributed by atoms with Gasteiger partial charge in [-0.2, -0.15) is 0 Å². The zero-order valence-electron chi connectivity index (χ0n) is 10.3. The zero-order chi connectivity index (χ0) is 13.1. The fourth-order valence-electron chi connectivity index (χ4n) is 2.35. The summed E-state index contributed by atoms with van der Waals surface area (Å²) >= 11 is 3.15. The molecule has 1 aliphatic heterocycles. The van der Waals surface area contributed by atoms with E-state index in [1.54, 1.807) is 6.07 Å². The molecule has 0 aromatic heterocycles. The number of rotatable bonds is 3. The van der Waals surface area contributed by atoms with Crippen molar-refractivity contribution >= 4 is 15.9 Å². The predicted molar refractivity (Wildman–Crippen MR) is 71.7 cm³/mol. The fraction of sp³-hybridized carbons (Fsp3) is 0.538. The summed E-state index contributed by atoms with van der Waals surface area (Å²) in [6.07, 6.45) is 4.15. The van der Waals surface area contributed by atoms with Crippen LogP contribution in [0.5, 0.6) is 11.5 Å². The maximum absolute atomic E-state index is 13.7. The van der Waals surface area contributed by atoms with Crippen molar-refractivity contribution in [2.45, 2.75) is 31.7 Å². The second-order valence-corrected chi connectivity index (χ2v) is 5.42. The van der Waals surface area contributed by atoms with Gasteiger partial charge in [-0.25, -0.2) is 4.39 Å². The largest absolute Gasteiger partial charge is 0.504 e. The third-order valence-corrected chi connectivity index (χ3v) is 3.89. The minimum atomic E-state index is -0.560. The van der Waals surface area contributed by atoms with Crippen molar-refractivity contribution in [1.82, 2.24) is 5.32 Å². The molecule has 2 N–H and O–H groups in total. The summed E-state index contributed by atoms with van der Waals surface area (Å²) in [5, 5.41) is 13.4. The number of ether oxygens (including phenoxy) is 1. The molecule has 0 saturated carbocycles. The first-order valence-electron chi connectivity index (χ1n) is 6.10. The zero-order valence-corrected chi connectivity index (χ0v) is 11.9. The van der Waals surface area contributed by atoms with E-state index < -0.39 is 5.82 Å². The molecule has 18 heavy (non-hydrogen) atoms. The number of hydrogen-bond donors (Lipinski definition) is 2. The van der Waals surface area contributed by atoms with Gasteiger partial charge >= 0.3 is 0 Å². The van der Waals surface area contributed by atoms with Gasteiger partial charge in [-0.1, -0.05) is 6.42 Å². The van der Waals surface area contributed by atoms with Crippen LogP contribution in [0.3, 0.4) is 0 Å². The normalized spacial score (nSPS) is 19.8. The van der Waals surface area contributed by atoms with Gasteiger partial charge in [0.2, 0.25) is 0 Å². The smallest absolute Gasteiger partial charge is 0.198 e. The third-order valence-electron chi connectivity index (χ3n) is 3.31. The summed E-state index contributed by atoms with van der Waals surface area (Å²) in [7, 11) is 1.35. The Kier molecular flexibility index (Phi) is 4.45. The lowest BCUT2D eigenvalue weighted by Crippen LogP contribution is -2.35. The van der Waals surface area contributed by atoms with E-state index in [9.17, 15) is 9.50 Å². The lowest BCUT2D eigenvalue weighted by molar-refractivity contribution is 0.343. The maximum Gasteiger partial charge on any atom is 0.198 e. The van der Waals surface area contributed by atoms with Gasteiger partial charge in [0.05, 0.1) is 11.6 Å². The Labute approximate surface area is 114 Å². The lowest BCUT2D eigenvalue weighted by atomic mass is 9.97. The van der Waals surface area contributed by atoms with Crippen LogP contribution in [0.4, 0.5) is 4.39 Å². The molecule has 1 aliphatic rings. The van der Waals surface area contributed by atoms with Crippen LogP contribution < -0.4 is 10.1 Å². The third kappa shape index (κ3) is 2.78. The summed E-state index contributed by atoms with van der Waals surface area (Å²) in [4.78, 5) is 0. The van der Waals surface area contributed by atoms with Crippen LogP contribution in [0.2, 0.25) is 0 Å². The highest BCUT2D eigenvalue weighted by Gasteiger charge is 2.21. The van der Waals surface area contributed by atoms with Gasteiger partial charge in [0, 0.05) is 11.6 Å². The van der Waals surface area contributed by atoms with E-state index in [1.165, 1.54) is 20.0 Å². The fourth-order valence-corrected chi connectivity index (χ4v) is 2.80. The highest BCUT2D eigenvalue weighted by molar-refractivity contribution is 9.10. The topological polar surface area (TPSA) is 41.5 Å².